The van der Waals surface area contributed by atoms with Crippen LogP contribution in [-0.4, -0.2) is 41.6 Å². The summed E-state index contributed by atoms with van der Waals surface area (Å²) in [7, 11) is 2.15. The van der Waals surface area contributed by atoms with Crippen molar-refractivity contribution in [1.82, 2.24) is 9.88 Å². The Kier molecular flexibility index (Phi) is 6.00. The highest BCUT2D eigenvalue weighted by Crippen LogP contribution is 2.27. The number of fused-ring (bicyclic) bond motifs is 1. The number of aromatic amines is 1. The Morgan fingerprint density at radius 2 is 2.19 bits per heavy atom. The van der Waals surface area contributed by atoms with E-state index in [0.717, 1.165) is 25.1 Å². The lowest BCUT2D eigenvalue weighted by Gasteiger charge is -2.10. The van der Waals surface area contributed by atoms with Gasteiger partial charge in [0.05, 0.1) is 5.84 Å². The molecule has 114 valence electrons. The first-order valence-corrected chi connectivity index (χ1v) is 8.26. The Bertz CT molecular complexity index is 608. The van der Waals surface area contributed by atoms with E-state index in [1.54, 1.807) is 0 Å². The summed E-state index contributed by atoms with van der Waals surface area (Å²) in [6.45, 7) is 2.12. The molecule has 0 atom stereocenters. The highest BCUT2D eigenvalue weighted by atomic mass is 35.5. The van der Waals surface area contributed by atoms with Crippen LogP contribution in [0.4, 0.5) is 0 Å². The Labute approximate surface area is 136 Å². The van der Waals surface area contributed by atoms with Gasteiger partial charge in [-0.1, -0.05) is 18.2 Å². The van der Waals surface area contributed by atoms with E-state index < -0.39 is 0 Å². The minimum Gasteiger partial charge on any atom is -0.363 e. The topological polar surface area (TPSA) is 31.4 Å². The molecular formula is C16H22ClN3S. The normalized spacial score (nSPS) is 16.6. The summed E-state index contributed by atoms with van der Waals surface area (Å²) in [5, 5.41) is 1.33. The minimum absolute atomic E-state index is 0. The fraction of sp³-hybridized carbons (Fsp3) is 0.438. The Morgan fingerprint density at radius 1 is 1.33 bits per heavy atom. The van der Waals surface area contributed by atoms with Crippen LogP contribution in [0.5, 0.6) is 0 Å². The fourth-order valence-electron chi connectivity index (χ4n) is 2.61. The van der Waals surface area contributed by atoms with Gasteiger partial charge in [-0.15, -0.1) is 24.2 Å². The zero-order chi connectivity index (χ0) is 13.8. The molecule has 1 aromatic carbocycles. The van der Waals surface area contributed by atoms with E-state index in [-0.39, 0.29) is 12.4 Å². The maximum Gasteiger partial charge on any atom is 0.0986 e. The summed E-state index contributed by atoms with van der Waals surface area (Å²) in [5.74, 6) is 2.42. The second kappa shape index (κ2) is 7.76. The van der Waals surface area contributed by atoms with Crippen LogP contribution in [0.3, 0.4) is 0 Å². The lowest BCUT2D eigenvalue weighted by molar-refractivity contribution is 0.547. The van der Waals surface area contributed by atoms with E-state index >= 15 is 0 Å². The molecule has 0 bridgehead atoms. The first-order chi connectivity index (χ1) is 9.84. The van der Waals surface area contributed by atoms with Gasteiger partial charge in [0.15, 0.2) is 0 Å². The number of aliphatic imine (C=N–C) groups is 1. The zero-order valence-corrected chi connectivity index (χ0v) is 14.0. The number of nitrogens with one attached hydrogen (secondary N) is 1. The minimum atomic E-state index is 0. The predicted octanol–water partition coefficient (Wildman–Crippen LogP) is 4.20. The standard InChI is InChI=1S/C16H21N3S.ClH/c1-19-10-4-8-16(19)17-9-5-11-20-15-12-18-14-7-3-2-6-13(14)15;/h2-3,6-7,12,18H,4-5,8-11H2,1H3;1H/b17-16+;. The summed E-state index contributed by atoms with van der Waals surface area (Å²) in [5.41, 5.74) is 1.22. The van der Waals surface area contributed by atoms with Crippen molar-refractivity contribution >= 4 is 40.9 Å². The van der Waals surface area contributed by atoms with Crippen molar-refractivity contribution in [2.75, 3.05) is 25.9 Å². The van der Waals surface area contributed by atoms with Gasteiger partial charge in [0.1, 0.15) is 0 Å². The van der Waals surface area contributed by atoms with Crippen molar-refractivity contribution in [3.8, 4) is 0 Å². The van der Waals surface area contributed by atoms with Crippen LogP contribution in [0.1, 0.15) is 19.3 Å². The third-order valence-electron chi connectivity index (χ3n) is 3.74. The second-order valence-electron chi connectivity index (χ2n) is 5.22. The summed E-state index contributed by atoms with van der Waals surface area (Å²) < 4.78 is 0. The molecule has 1 fully saturated rings. The average Bonchev–Trinajstić information content (AvgIpc) is 3.06. The molecule has 3 nitrogen and oxygen atoms in total. The number of aromatic nitrogens is 1. The summed E-state index contributed by atoms with van der Waals surface area (Å²) in [6, 6.07) is 8.48. The first-order valence-electron chi connectivity index (χ1n) is 7.28. The van der Waals surface area contributed by atoms with Crippen LogP contribution in [0.25, 0.3) is 10.9 Å². The van der Waals surface area contributed by atoms with Crippen LogP contribution in [0.2, 0.25) is 0 Å². The number of H-pyrrole nitrogens is 1. The number of hydrogen-bond acceptors (Lipinski definition) is 2. The number of likely N-dealkylation sites (tertiary alicyclic amines) is 1. The molecule has 1 aliphatic heterocycles. The molecule has 0 saturated carbocycles. The average molecular weight is 324 g/mol. The summed E-state index contributed by atoms with van der Waals surface area (Å²) in [4.78, 5) is 11.7. The molecule has 1 N–H and O–H groups in total. The van der Waals surface area contributed by atoms with E-state index in [0.29, 0.717) is 0 Å². The van der Waals surface area contributed by atoms with Crippen LogP contribution >= 0.6 is 24.2 Å². The van der Waals surface area contributed by atoms with E-state index in [4.69, 9.17) is 4.99 Å². The Balaban J connectivity index is 0.00000161. The molecule has 0 unspecified atom stereocenters. The van der Waals surface area contributed by atoms with Gasteiger partial charge in [-0.25, -0.2) is 0 Å². The highest BCUT2D eigenvalue weighted by molar-refractivity contribution is 7.99. The molecule has 1 aromatic heterocycles. The van der Waals surface area contributed by atoms with Gasteiger partial charge in [0, 0.05) is 48.6 Å². The quantitative estimate of drug-likeness (QED) is 0.660. The third-order valence-corrected chi connectivity index (χ3v) is 4.88. The molecule has 1 saturated heterocycles. The zero-order valence-electron chi connectivity index (χ0n) is 12.3. The van der Waals surface area contributed by atoms with Crippen molar-refractivity contribution in [2.45, 2.75) is 24.2 Å². The van der Waals surface area contributed by atoms with Gasteiger partial charge >= 0.3 is 0 Å². The van der Waals surface area contributed by atoms with Crippen molar-refractivity contribution in [2.24, 2.45) is 4.99 Å². The molecule has 2 aromatic rings. The Hall–Kier alpha value is -1.13. The number of rotatable bonds is 5. The van der Waals surface area contributed by atoms with Crippen molar-refractivity contribution < 1.29 is 0 Å². The third kappa shape index (κ3) is 3.95. The number of nitrogens with zero attached hydrogens (tertiary/aromatic N) is 2. The van der Waals surface area contributed by atoms with Gasteiger partial charge in [0.2, 0.25) is 0 Å². The molecule has 2 heterocycles. The molecule has 0 amide bonds. The van der Waals surface area contributed by atoms with Crippen LogP contribution in [0, 0.1) is 0 Å². The summed E-state index contributed by atoms with van der Waals surface area (Å²) >= 11 is 1.93. The van der Waals surface area contributed by atoms with Crippen molar-refractivity contribution in [1.29, 1.82) is 0 Å². The number of hydrogen-bond donors (Lipinski definition) is 1. The van der Waals surface area contributed by atoms with Crippen molar-refractivity contribution in [3.05, 3.63) is 30.5 Å². The number of amidine groups is 1. The van der Waals surface area contributed by atoms with Crippen LogP contribution in [-0.2, 0) is 0 Å². The molecule has 21 heavy (non-hydrogen) atoms. The number of halogens is 1. The lowest BCUT2D eigenvalue weighted by atomic mass is 10.2. The fourth-order valence-corrected chi connectivity index (χ4v) is 3.58. The molecule has 0 radical (unpaired) electrons. The molecular weight excluding hydrogens is 302 g/mol. The largest absolute Gasteiger partial charge is 0.363 e. The van der Waals surface area contributed by atoms with E-state index in [1.165, 1.54) is 34.6 Å². The predicted molar refractivity (Wildman–Crippen MR) is 95.1 cm³/mol. The SMILES string of the molecule is CN1CCC/C1=N\CCCSc1c[nH]c2ccccc12.Cl. The number of benzene rings is 1. The smallest absolute Gasteiger partial charge is 0.0986 e. The second-order valence-corrected chi connectivity index (χ2v) is 6.36. The van der Waals surface area contributed by atoms with Crippen LogP contribution < -0.4 is 0 Å². The van der Waals surface area contributed by atoms with Gasteiger partial charge in [-0.05, 0) is 24.7 Å². The summed E-state index contributed by atoms with van der Waals surface area (Å²) in [6.07, 6.45) is 5.68. The maximum atomic E-state index is 4.71. The number of para-hydroxylation sites is 1. The molecule has 3 rings (SSSR count). The van der Waals surface area contributed by atoms with Gasteiger partial charge in [-0.3, -0.25) is 4.99 Å². The van der Waals surface area contributed by atoms with Gasteiger partial charge in [-0.2, -0.15) is 0 Å². The lowest BCUT2D eigenvalue weighted by Crippen LogP contribution is -2.19. The Morgan fingerprint density at radius 3 is 3.00 bits per heavy atom. The highest BCUT2D eigenvalue weighted by Gasteiger charge is 2.12. The van der Waals surface area contributed by atoms with E-state index in [1.807, 2.05) is 11.8 Å². The van der Waals surface area contributed by atoms with Gasteiger partial charge < -0.3 is 9.88 Å². The molecule has 1 aliphatic rings. The first kappa shape index (κ1) is 16.2. The van der Waals surface area contributed by atoms with Crippen molar-refractivity contribution in [3.63, 3.8) is 0 Å². The van der Waals surface area contributed by atoms with Crippen LogP contribution in [0.15, 0.2) is 40.4 Å². The van der Waals surface area contributed by atoms with E-state index in [9.17, 15) is 0 Å². The monoisotopic (exact) mass is 323 g/mol. The molecule has 0 spiro atoms. The maximum absolute atomic E-state index is 4.71. The van der Waals surface area contributed by atoms with Gasteiger partial charge in [0.25, 0.3) is 0 Å². The number of thioether (sulfide) groups is 1. The molecule has 0 aliphatic carbocycles. The molecule has 5 heteroatoms. The van der Waals surface area contributed by atoms with E-state index in [2.05, 4.69) is 47.4 Å².